The summed E-state index contributed by atoms with van der Waals surface area (Å²) in [6.07, 6.45) is 1.90. The van der Waals surface area contributed by atoms with E-state index in [4.69, 9.17) is 0 Å². The molecule has 3 nitrogen and oxygen atoms in total. The van der Waals surface area contributed by atoms with Crippen LogP contribution >= 0.6 is 0 Å². The second-order valence-corrected chi connectivity index (χ2v) is 4.90. The van der Waals surface area contributed by atoms with Crippen LogP contribution in [-0.4, -0.2) is 9.38 Å². The summed E-state index contributed by atoms with van der Waals surface area (Å²) in [6, 6.07) is 3.77. The zero-order valence-corrected chi connectivity index (χ0v) is 10.2. The molecule has 0 radical (unpaired) electrons. The van der Waals surface area contributed by atoms with Crippen LogP contribution in [0.3, 0.4) is 0 Å². The monoisotopic (exact) mass is 218 g/mol. The number of aromatic nitrogens is 2. The number of fused-ring (bicyclic) bond motifs is 1. The molecule has 0 spiro atoms. The Morgan fingerprint density at radius 3 is 2.38 bits per heavy atom. The zero-order chi connectivity index (χ0) is 11.9. The van der Waals surface area contributed by atoms with Crippen LogP contribution in [0.15, 0.2) is 23.1 Å². The summed E-state index contributed by atoms with van der Waals surface area (Å²) in [5.41, 5.74) is 3.12. The standard InChI is InChI=1S/C13H18N2O/c1-8(2)10-5-12-14-11(9(3)4)7-15(12)13(16)6-10/h5-9,14H,1-4H3. The Labute approximate surface area is 95.1 Å². The quantitative estimate of drug-likeness (QED) is 0.826. The molecule has 2 aromatic heterocycles. The zero-order valence-electron chi connectivity index (χ0n) is 10.2. The molecule has 0 aliphatic carbocycles. The van der Waals surface area contributed by atoms with E-state index < -0.39 is 0 Å². The highest BCUT2D eigenvalue weighted by Crippen LogP contribution is 2.17. The minimum Gasteiger partial charge on any atom is -0.343 e. The van der Waals surface area contributed by atoms with Crippen LogP contribution in [0.4, 0.5) is 0 Å². The first-order valence-electron chi connectivity index (χ1n) is 5.74. The molecule has 3 heteroatoms. The smallest absolute Gasteiger partial charge is 0.256 e. The molecule has 0 aliphatic heterocycles. The largest absolute Gasteiger partial charge is 0.343 e. The maximum Gasteiger partial charge on any atom is 0.256 e. The van der Waals surface area contributed by atoms with Gasteiger partial charge in [0.25, 0.3) is 5.56 Å². The van der Waals surface area contributed by atoms with Crippen LogP contribution in [0.2, 0.25) is 0 Å². The van der Waals surface area contributed by atoms with Gasteiger partial charge in [-0.25, -0.2) is 0 Å². The lowest BCUT2D eigenvalue weighted by molar-refractivity contribution is 0.833. The van der Waals surface area contributed by atoms with Gasteiger partial charge in [-0.3, -0.25) is 9.20 Å². The number of hydrogen-bond acceptors (Lipinski definition) is 1. The maximum absolute atomic E-state index is 11.9. The van der Waals surface area contributed by atoms with Gasteiger partial charge in [-0.05, 0) is 23.5 Å². The first-order valence-corrected chi connectivity index (χ1v) is 5.74. The normalized spacial score (nSPS) is 11.9. The Hall–Kier alpha value is -1.51. The first kappa shape index (κ1) is 11.0. The number of nitrogens with one attached hydrogen (secondary N) is 1. The van der Waals surface area contributed by atoms with Gasteiger partial charge in [-0.15, -0.1) is 0 Å². The maximum atomic E-state index is 11.9. The predicted molar refractivity (Wildman–Crippen MR) is 66.2 cm³/mol. The lowest BCUT2D eigenvalue weighted by Gasteiger charge is -2.04. The molecule has 0 bridgehead atoms. The van der Waals surface area contributed by atoms with Gasteiger partial charge in [0.1, 0.15) is 5.65 Å². The Kier molecular flexibility index (Phi) is 2.62. The van der Waals surface area contributed by atoms with E-state index in [2.05, 4.69) is 38.7 Å². The highest BCUT2D eigenvalue weighted by molar-refractivity contribution is 5.44. The van der Waals surface area contributed by atoms with Gasteiger partial charge in [0.05, 0.1) is 0 Å². The van der Waals surface area contributed by atoms with E-state index in [1.54, 1.807) is 10.5 Å². The fraction of sp³-hybridized carbons (Fsp3) is 0.462. The van der Waals surface area contributed by atoms with Gasteiger partial charge < -0.3 is 4.98 Å². The average molecular weight is 218 g/mol. The highest BCUT2D eigenvalue weighted by atomic mass is 16.1. The van der Waals surface area contributed by atoms with Crippen LogP contribution in [-0.2, 0) is 0 Å². The molecule has 0 aliphatic rings. The van der Waals surface area contributed by atoms with Gasteiger partial charge in [-0.1, -0.05) is 27.7 Å². The highest BCUT2D eigenvalue weighted by Gasteiger charge is 2.08. The number of pyridine rings is 1. The van der Waals surface area contributed by atoms with Crippen molar-refractivity contribution in [3.63, 3.8) is 0 Å². The molecule has 16 heavy (non-hydrogen) atoms. The van der Waals surface area contributed by atoms with Crippen molar-refractivity contribution in [1.82, 2.24) is 9.38 Å². The third kappa shape index (κ3) is 1.77. The molecule has 1 N–H and O–H groups in total. The third-order valence-corrected chi connectivity index (χ3v) is 2.92. The third-order valence-electron chi connectivity index (χ3n) is 2.92. The molecule has 0 aromatic carbocycles. The second-order valence-electron chi connectivity index (χ2n) is 4.90. The van der Waals surface area contributed by atoms with E-state index in [-0.39, 0.29) is 5.56 Å². The minimum atomic E-state index is 0.0457. The van der Waals surface area contributed by atoms with E-state index in [1.165, 1.54) is 0 Å². The molecule has 0 fully saturated rings. The molecular weight excluding hydrogens is 200 g/mol. The Bertz CT molecular complexity index is 561. The van der Waals surface area contributed by atoms with Crippen molar-refractivity contribution in [3.05, 3.63) is 39.9 Å². The first-order chi connectivity index (χ1) is 7.49. The summed E-state index contributed by atoms with van der Waals surface area (Å²) in [5, 5.41) is 0. The molecule has 0 amide bonds. The summed E-state index contributed by atoms with van der Waals surface area (Å²) in [5.74, 6) is 0.783. The van der Waals surface area contributed by atoms with E-state index in [0.717, 1.165) is 16.9 Å². The Morgan fingerprint density at radius 2 is 1.81 bits per heavy atom. The van der Waals surface area contributed by atoms with Crippen LogP contribution in [0.1, 0.15) is 50.8 Å². The van der Waals surface area contributed by atoms with Crippen molar-refractivity contribution >= 4 is 5.65 Å². The fourth-order valence-electron chi connectivity index (χ4n) is 1.78. The summed E-state index contributed by atoms with van der Waals surface area (Å²) in [6.45, 7) is 8.41. The second kappa shape index (κ2) is 3.81. The fourth-order valence-corrected chi connectivity index (χ4v) is 1.78. The van der Waals surface area contributed by atoms with Crippen molar-refractivity contribution in [2.24, 2.45) is 0 Å². The molecule has 0 saturated carbocycles. The van der Waals surface area contributed by atoms with Gasteiger partial charge in [0, 0.05) is 18.0 Å². The van der Waals surface area contributed by atoms with E-state index in [9.17, 15) is 4.79 Å². The molecule has 86 valence electrons. The summed E-state index contributed by atoms with van der Waals surface area (Å²) >= 11 is 0. The Balaban J connectivity index is 2.68. The number of aromatic amines is 1. The molecule has 0 saturated heterocycles. The predicted octanol–water partition coefficient (Wildman–Crippen LogP) is 2.87. The van der Waals surface area contributed by atoms with Gasteiger partial charge in [0.2, 0.25) is 0 Å². The van der Waals surface area contributed by atoms with Gasteiger partial charge in [-0.2, -0.15) is 0 Å². The van der Waals surface area contributed by atoms with Crippen molar-refractivity contribution < 1.29 is 0 Å². The number of nitrogens with zero attached hydrogens (tertiary/aromatic N) is 1. The Morgan fingerprint density at radius 1 is 1.12 bits per heavy atom. The van der Waals surface area contributed by atoms with Crippen LogP contribution in [0.5, 0.6) is 0 Å². The molecule has 2 heterocycles. The molecular formula is C13H18N2O. The molecule has 2 aromatic rings. The SMILES string of the molecule is CC(C)c1cc(=O)n2cc(C(C)C)[nH]c2c1. The van der Waals surface area contributed by atoms with E-state index in [1.807, 2.05) is 6.20 Å². The number of hydrogen-bond donors (Lipinski definition) is 1. The summed E-state index contributed by atoms with van der Waals surface area (Å²) in [7, 11) is 0. The number of imidazole rings is 1. The number of rotatable bonds is 2. The van der Waals surface area contributed by atoms with Crippen molar-refractivity contribution in [3.8, 4) is 0 Å². The lowest BCUT2D eigenvalue weighted by atomic mass is 10.1. The van der Waals surface area contributed by atoms with Crippen molar-refractivity contribution in [2.45, 2.75) is 39.5 Å². The average Bonchev–Trinajstić information content (AvgIpc) is 2.61. The van der Waals surface area contributed by atoms with Crippen molar-refractivity contribution in [2.75, 3.05) is 0 Å². The molecule has 2 rings (SSSR count). The topological polar surface area (TPSA) is 37.3 Å². The van der Waals surface area contributed by atoms with E-state index in [0.29, 0.717) is 11.8 Å². The summed E-state index contributed by atoms with van der Waals surface area (Å²) in [4.78, 5) is 15.2. The van der Waals surface area contributed by atoms with Crippen LogP contribution in [0, 0.1) is 0 Å². The molecule has 0 unspecified atom stereocenters. The minimum absolute atomic E-state index is 0.0457. The lowest BCUT2D eigenvalue weighted by Crippen LogP contribution is -2.11. The van der Waals surface area contributed by atoms with Crippen molar-refractivity contribution in [1.29, 1.82) is 0 Å². The molecule has 0 atom stereocenters. The van der Waals surface area contributed by atoms with Crippen LogP contribution in [0.25, 0.3) is 5.65 Å². The number of H-pyrrole nitrogens is 1. The van der Waals surface area contributed by atoms with Gasteiger partial charge >= 0.3 is 0 Å². The summed E-state index contributed by atoms with van der Waals surface area (Å²) < 4.78 is 1.68. The van der Waals surface area contributed by atoms with E-state index >= 15 is 0 Å². The van der Waals surface area contributed by atoms with Crippen LogP contribution < -0.4 is 5.56 Å². The van der Waals surface area contributed by atoms with Gasteiger partial charge in [0.15, 0.2) is 0 Å².